The summed E-state index contributed by atoms with van der Waals surface area (Å²) in [4.78, 5) is 12.1. The molecule has 0 spiro atoms. The van der Waals surface area contributed by atoms with Crippen molar-refractivity contribution < 1.29 is 24.8 Å². The second kappa shape index (κ2) is 4.45. The lowest BCUT2D eigenvalue weighted by Gasteiger charge is -2.07. The van der Waals surface area contributed by atoms with Crippen molar-refractivity contribution in [3.63, 3.8) is 0 Å². The Morgan fingerprint density at radius 1 is 0.905 bits per heavy atom. The van der Waals surface area contributed by atoms with Gasteiger partial charge in [-0.1, -0.05) is 12.1 Å². The molecule has 0 fully saturated rings. The molecule has 2 aromatic carbocycles. The number of rotatable bonds is 1. The van der Waals surface area contributed by atoms with Gasteiger partial charge in [0.15, 0.2) is 17.3 Å². The van der Waals surface area contributed by atoms with E-state index in [1.807, 2.05) is 0 Å². The molecule has 0 radical (unpaired) electrons. The highest BCUT2D eigenvalue weighted by atomic mass is 16.4. The van der Waals surface area contributed by atoms with Crippen molar-refractivity contribution in [1.29, 1.82) is 0 Å². The van der Waals surface area contributed by atoms with Crippen molar-refractivity contribution in [2.45, 2.75) is 0 Å². The van der Waals surface area contributed by atoms with E-state index >= 15 is 0 Å². The van der Waals surface area contributed by atoms with Crippen LogP contribution in [0.2, 0.25) is 0 Å². The first-order valence-electron chi connectivity index (χ1n) is 5.98. The largest absolute Gasteiger partial charge is 0.508 e. The van der Waals surface area contributed by atoms with E-state index in [-0.39, 0.29) is 22.5 Å². The molecule has 0 bridgehead atoms. The third kappa shape index (κ3) is 2.02. The average molecular weight is 286 g/mol. The molecule has 106 valence electrons. The van der Waals surface area contributed by atoms with Crippen molar-refractivity contribution in [3.8, 4) is 34.3 Å². The zero-order valence-corrected chi connectivity index (χ0v) is 10.6. The van der Waals surface area contributed by atoms with Gasteiger partial charge < -0.3 is 24.8 Å². The first-order chi connectivity index (χ1) is 9.97. The predicted octanol–water partition coefficient (Wildman–Crippen LogP) is 2.28. The lowest BCUT2D eigenvalue weighted by atomic mass is 10.1. The van der Waals surface area contributed by atoms with Crippen LogP contribution in [0.4, 0.5) is 0 Å². The molecule has 0 aliphatic rings. The molecule has 6 nitrogen and oxygen atoms in total. The van der Waals surface area contributed by atoms with Crippen LogP contribution >= 0.6 is 0 Å². The van der Waals surface area contributed by atoms with Gasteiger partial charge in [-0.05, 0) is 18.2 Å². The Hall–Kier alpha value is -3.15. The van der Waals surface area contributed by atoms with Gasteiger partial charge in [0.1, 0.15) is 11.3 Å². The normalized spacial score (nSPS) is 10.9. The van der Waals surface area contributed by atoms with Gasteiger partial charge in [-0.15, -0.1) is 0 Å². The second-order valence-corrected chi connectivity index (χ2v) is 4.50. The van der Waals surface area contributed by atoms with E-state index in [0.29, 0.717) is 5.56 Å². The summed E-state index contributed by atoms with van der Waals surface area (Å²) in [5.41, 5.74) is -0.435. The van der Waals surface area contributed by atoms with Crippen LogP contribution in [-0.4, -0.2) is 20.4 Å². The summed E-state index contributed by atoms with van der Waals surface area (Å²) in [6, 6.07) is 7.93. The zero-order chi connectivity index (χ0) is 15.1. The minimum Gasteiger partial charge on any atom is -0.508 e. The molecule has 6 heteroatoms. The summed E-state index contributed by atoms with van der Waals surface area (Å²) >= 11 is 0. The summed E-state index contributed by atoms with van der Waals surface area (Å²) < 4.78 is 5.42. The van der Waals surface area contributed by atoms with Crippen molar-refractivity contribution in [2.24, 2.45) is 0 Å². The molecule has 0 aliphatic carbocycles. The summed E-state index contributed by atoms with van der Waals surface area (Å²) in [6.07, 6.45) is 0. The van der Waals surface area contributed by atoms with E-state index in [0.717, 1.165) is 12.1 Å². The van der Waals surface area contributed by atoms with Crippen molar-refractivity contribution in [1.82, 2.24) is 0 Å². The number of hydrogen-bond acceptors (Lipinski definition) is 6. The van der Waals surface area contributed by atoms with Gasteiger partial charge in [0.25, 0.3) is 0 Å². The maximum absolute atomic E-state index is 12.1. The van der Waals surface area contributed by atoms with Gasteiger partial charge in [-0.2, -0.15) is 0 Å². The van der Waals surface area contributed by atoms with Gasteiger partial charge in [-0.3, -0.25) is 4.79 Å². The number of fused-ring (bicyclic) bond motifs is 1. The van der Waals surface area contributed by atoms with E-state index < -0.39 is 22.7 Å². The molecular formula is C15H10O6. The highest BCUT2D eigenvalue weighted by molar-refractivity contribution is 5.84. The summed E-state index contributed by atoms with van der Waals surface area (Å²) in [5, 5.41) is 38.2. The fourth-order valence-corrected chi connectivity index (χ4v) is 2.05. The van der Waals surface area contributed by atoms with Gasteiger partial charge in [0, 0.05) is 11.6 Å². The SMILES string of the molecule is O=c1c(O)c(-c2cccc(O)c2)oc2cc(O)c(O)cc12. The quantitative estimate of drug-likeness (QED) is 0.511. The fraction of sp³-hybridized carbons (Fsp3) is 0. The Kier molecular flexibility index (Phi) is 2.72. The van der Waals surface area contributed by atoms with Gasteiger partial charge in [0.05, 0.1) is 5.39 Å². The molecule has 0 saturated carbocycles. The Labute approximate surface area is 117 Å². The van der Waals surface area contributed by atoms with Gasteiger partial charge in [-0.25, -0.2) is 0 Å². The highest BCUT2D eigenvalue weighted by Crippen LogP contribution is 2.35. The lowest BCUT2D eigenvalue weighted by Crippen LogP contribution is -2.02. The van der Waals surface area contributed by atoms with Crippen molar-refractivity contribution in [3.05, 3.63) is 46.6 Å². The topological polar surface area (TPSA) is 111 Å². The van der Waals surface area contributed by atoms with Crippen LogP contribution in [0.25, 0.3) is 22.3 Å². The predicted molar refractivity (Wildman–Crippen MR) is 74.6 cm³/mol. The van der Waals surface area contributed by atoms with Crippen LogP contribution in [0, 0.1) is 0 Å². The van der Waals surface area contributed by atoms with E-state index in [9.17, 15) is 25.2 Å². The molecule has 0 aliphatic heterocycles. The Bertz CT molecular complexity index is 910. The van der Waals surface area contributed by atoms with Gasteiger partial charge >= 0.3 is 0 Å². The summed E-state index contributed by atoms with van der Waals surface area (Å²) in [5.74, 6) is -1.76. The molecular weight excluding hydrogens is 276 g/mol. The molecule has 21 heavy (non-hydrogen) atoms. The number of hydrogen-bond donors (Lipinski definition) is 4. The molecule has 3 rings (SSSR count). The minimum absolute atomic E-state index is 0.00597. The molecule has 0 atom stereocenters. The zero-order valence-electron chi connectivity index (χ0n) is 10.6. The maximum atomic E-state index is 12.1. The minimum atomic E-state index is -0.745. The summed E-state index contributed by atoms with van der Waals surface area (Å²) in [6.45, 7) is 0. The van der Waals surface area contributed by atoms with Gasteiger partial charge in [0.2, 0.25) is 11.2 Å². The number of phenols is 3. The third-order valence-corrected chi connectivity index (χ3v) is 3.07. The van der Waals surface area contributed by atoms with Crippen LogP contribution in [0.5, 0.6) is 23.0 Å². The number of aromatic hydroxyl groups is 4. The van der Waals surface area contributed by atoms with Crippen molar-refractivity contribution in [2.75, 3.05) is 0 Å². The fourth-order valence-electron chi connectivity index (χ4n) is 2.05. The number of phenolic OH excluding ortho intramolecular Hbond substituents is 3. The molecule has 4 N–H and O–H groups in total. The first kappa shape index (κ1) is 12.9. The third-order valence-electron chi connectivity index (χ3n) is 3.07. The lowest BCUT2D eigenvalue weighted by molar-refractivity contribution is 0.403. The molecule has 1 heterocycles. The Balaban J connectivity index is 2.37. The Morgan fingerprint density at radius 2 is 1.62 bits per heavy atom. The molecule has 3 aromatic rings. The van der Waals surface area contributed by atoms with E-state index in [4.69, 9.17) is 4.42 Å². The first-order valence-corrected chi connectivity index (χ1v) is 5.98. The smallest absolute Gasteiger partial charge is 0.235 e. The maximum Gasteiger partial charge on any atom is 0.235 e. The average Bonchev–Trinajstić information content (AvgIpc) is 2.45. The van der Waals surface area contributed by atoms with E-state index in [2.05, 4.69) is 0 Å². The highest BCUT2D eigenvalue weighted by Gasteiger charge is 2.17. The monoisotopic (exact) mass is 286 g/mol. The molecule has 0 unspecified atom stereocenters. The van der Waals surface area contributed by atoms with Crippen molar-refractivity contribution >= 4 is 11.0 Å². The van der Waals surface area contributed by atoms with Crippen LogP contribution < -0.4 is 5.43 Å². The molecule has 1 aromatic heterocycles. The van der Waals surface area contributed by atoms with E-state index in [1.54, 1.807) is 6.07 Å². The molecule has 0 saturated heterocycles. The van der Waals surface area contributed by atoms with Crippen LogP contribution in [0.15, 0.2) is 45.6 Å². The van der Waals surface area contributed by atoms with E-state index in [1.165, 1.54) is 18.2 Å². The standard InChI is InChI=1S/C15H10O6/c16-8-3-1-2-7(4-8)15-14(20)13(19)9-5-10(17)11(18)6-12(9)21-15/h1-6,16-18,20H. The second-order valence-electron chi connectivity index (χ2n) is 4.50. The van der Waals surface area contributed by atoms with Crippen LogP contribution in [0.3, 0.4) is 0 Å². The number of benzene rings is 2. The van der Waals surface area contributed by atoms with Crippen LogP contribution in [0.1, 0.15) is 0 Å². The van der Waals surface area contributed by atoms with Crippen LogP contribution in [-0.2, 0) is 0 Å². The summed E-state index contributed by atoms with van der Waals surface area (Å²) in [7, 11) is 0. The molecule has 0 amide bonds. The Morgan fingerprint density at radius 3 is 2.33 bits per heavy atom.